The molecule has 0 saturated heterocycles. The number of anilines is 1. The third-order valence-electron chi connectivity index (χ3n) is 3.98. The number of amides is 1. The number of nitrogens with two attached hydrogens (primary N) is 1. The SMILES string of the molecule is Cc1ccc([C@H](C)NC(=O)COC(=O)c2cc(Cl)ccc2N)cc1C. The summed E-state index contributed by atoms with van der Waals surface area (Å²) < 4.78 is 5.02. The molecular weight excluding hydrogens is 340 g/mol. The molecule has 0 heterocycles. The van der Waals surface area contributed by atoms with Crippen LogP contribution in [0.3, 0.4) is 0 Å². The van der Waals surface area contributed by atoms with Gasteiger partial charge in [0.25, 0.3) is 5.91 Å². The van der Waals surface area contributed by atoms with E-state index in [0.717, 1.165) is 11.1 Å². The number of carbonyl (C=O) groups excluding carboxylic acids is 2. The molecule has 2 aromatic rings. The Morgan fingerprint density at radius 1 is 1.16 bits per heavy atom. The Bertz CT molecular complexity index is 805. The van der Waals surface area contributed by atoms with E-state index < -0.39 is 5.97 Å². The van der Waals surface area contributed by atoms with Gasteiger partial charge in [-0.15, -0.1) is 0 Å². The molecule has 0 aliphatic carbocycles. The van der Waals surface area contributed by atoms with Crippen LogP contribution < -0.4 is 11.1 Å². The van der Waals surface area contributed by atoms with Crippen molar-refractivity contribution in [2.45, 2.75) is 26.8 Å². The number of hydrogen-bond acceptors (Lipinski definition) is 4. The first kappa shape index (κ1) is 18.8. The van der Waals surface area contributed by atoms with Crippen LogP contribution in [0.15, 0.2) is 36.4 Å². The fourth-order valence-corrected chi connectivity index (χ4v) is 2.49. The van der Waals surface area contributed by atoms with Crippen LogP contribution >= 0.6 is 11.6 Å². The minimum Gasteiger partial charge on any atom is -0.452 e. The highest BCUT2D eigenvalue weighted by Gasteiger charge is 2.15. The van der Waals surface area contributed by atoms with Crippen molar-refractivity contribution in [1.29, 1.82) is 0 Å². The van der Waals surface area contributed by atoms with Gasteiger partial charge in [0.15, 0.2) is 6.61 Å². The van der Waals surface area contributed by atoms with Gasteiger partial charge in [0.05, 0.1) is 11.6 Å². The Balaban J connectivity index is 1.92. The molecule has 5 nitrogen and oxygen atoms in total. The lowest BCUT2D eigenvalue weighted by atomic mass is 10.0. The van der Waals surface area contributed by atoms with Crippen molar-refractivity contribution in [3.8, 4) is 0 Å². The number of benzene rings is 2. The highest BCUT2D eigenvalue weighted by atomic mass is 35.5. The Kier molecular flexibility index (Phi) is 6.04. The molecule has 0 radical (unpaired) electrons. The van der Waals surface area contributed by atoms with E-state index in [9.17, 15) is 9.59 Å². The standard InChI is InChI=1S/C19H21ClN2O3/c1-11-4-5-14(8-12(11)2)13(3)22-18(23)10-25-19(24)16-9-15(20)6-7-17(16)21/h4-9,13H,10,21H2,1-3H3,(H,22,23)/t13-/m0/s1. The molecule has 0 saturated carbocycles. The first-order valence-corrected chi connectivity index (χ1v) is 8.24. The summed E-state index contributed by atoms with van der Waals surface area (Å²) in [5, 5.41) is 3.17. The lowest BCUT2D eigenvalue weighted by Crippen LogP contribution is -2.31. The number of ether oxygens (including phenoxy) is 1. The molecule has 0 bridgehead atoms. The third-order valence-corrected chi connectivity index (χ3v) is 4.21. The minimum atomic E-state index is -0.686. The molecule has 3 N–H and O–H groups in total. The molecule has 0 fully saturated rings. The summed E-state index contributed by atoms with van der Waals surface area (Å²) in [5.74, 6) is -1.08. The molecular formula is C19H21ClN2O3. The lowest BCUT2D eigenvalue weighted by molar-refractivity contribution is -0.124. The molecule has 0 aliphatic rings. The Hall–Kier alpha value is -2.53. The van der Waals surface area contributed by atoms with E-state index in [1.807, 2.05) is 39.0 Å². The Morgan fingerprint density at radius 3 is 2.56 bits per heavy atom. The van der Waals surface area contributed by atoms with Gasteiger partial charge in [-0.1, -0.05) is 29.8 Å². The second-order valence-corrected chi connectivity index (χ2v) is 6.38. The zero-order valence-corrected chi connectivity index (χ0v) is 15.2. The number of rotatable bonds is 5. The van der Waals surface area contributed by atoms with Gasteiger partial charge < -0.3 is 15.8 Å². The van der Waals surface area contributed by atoms with E-state index in [2.05, 4.69) is 5.32 Å². The number of halogens is 1. The fourth-order valence-electron chi connectivity index (χ4n) is 2.31. The van der Waals surface area contributed by atoms with E-state index in [1.165, 1.54) is 17.7 Å². The number of nitrogens with one attached hydrogen (secondary N) is 1. The predicted octanol–water partition coefficient (Wildman–Crippen LogP) is 3.57. The van der Waals surface area contributed by atoms with E-state index in [4.69, 9.17) is 22.1 Å². The number of nitrogen functional groups attached to an aromatic ring is 1. The van der Waals surface area contributed by atoms with Crippen LogP contribution in [0, 0.1) is 13.8 Å². The van der Waals surface area contributed by atoms with Crippen molar-refractivity contribution in [1.82, 2.24) is 5.32 Å². The van der Waals surface area contributed by atoms with Crippen LogP contribution in [-0.2, 0) is 9.53 Å². The number of esters is 1. The van der Waals surface area contributed by atoms with E-state index in [1.54, 1.807) is 6.07 Å². The average Bonchev–Trinajstić information content (AvgIpc) is 2.57. The van der Waals surface area contributed by atoms with Gasteiger partial charge in [0, 0.05) is 10.7 Å². The van der Waals surface area contributed by atoms with E-state index in [-0.39, 0.29) is 29.8 Å². The van der Waals surface area contributed by atoms with Gasteiger partial charge >= 0.3 is 5.97 Å². The molecule has 6 heteroatoms. The number of carbonyl (C=O) groups is 2. The molecule has 0 unspecified atom stereocenters. The van der Waals surface area contributed by atoms with Crippen molar-refractivity contribution in [3.05, 3.63) is 63.7 Å². The molecule has 2 aromatic carbocycles. The maximum Gasteiger partial charge on any atom is 0.340 e. The van der Waals surface area contributed by atoms with Crippen LogP contribution in [0.1, 0.15) is 40.0 Å². The molecule has 2 rings (SSSR count). The zero-order chi connectivity index (χ0) is 18.6. The monoisotopic (exact) mass is 360 g/mol. The molecule has 1 amide bonds. The van der Waals surface area contributed by atoms with E-state index >= 15 is 0 Å². The first-order chi connectivity index (χ1) is 11.8. The van der Waals surface area contributed by atoms with Gasteiger partial charge in [-0.05, 0) is 55.7 Å². The quantitative estimate of drug-likeness (QED) is 0.630. The van der Waals surface area contributed by atoms with Gasteiger partial charge in [-0.25, -0.2) is 4.79 Å². The highest BCUT2D eigenvalue weighted by molar-refractivity contribution is 6.31. The van der Waals surface area contributed by atoms with Crippen LogP contribution in [0.25, 0.3) is 0 Å². The summed E-state index contributed by atoms with van der Waals surface area (Å²) in [5.41, 5.74) is 9.44. The van der Waals surface area contributed by atoms with Crippen molar-refractivity contribution in [2.75, 3.05) is 12.3 Å². The highest BCUT2D eigenvalue weighted by Crippen LogP contribution is 2.19. The van der Waals surface area contributed by atoms with Crippen LogP contribution in [0.5, 0.6) is 0 Å². The minimum absolute atomic E-state index is 0.141. The summed E-state index contributed by atoms with van der Waals surface area (Å²) in [6.45, 7) is 5.53. The van der Waals surface area contributed by atoms with E-state index in [0.29, 0.717) is 5.02 Å². The van der Waals surface area contributed by atoms with Gasteiger partial charge in [-0.2, -0.15) is 0 Å². The number of aryl methyl sites for hydroxylation is 2. The van der Waals surface area contributed by atoms with Gasteiger partial charge in [-0.3, -0.25) is 4.79 Å². The van der Waals surface area contributed by atoms with Gasteiger partial charge in [0.2, 0.25) is 0 Å². The summed E-state index contributed by atoms with van der Waals surface area (Å²) in [4.78, 5) is 24.0. The maximum absolute atomic E-state index is 12.0. The largest absolute Gasteiger partial charge is 0.452 e. The number of hydrogen-bond donors (Lipinski definition) is 2. The maximum atomic E-state index is 12.0. The second-order valence-electron chi connectivity index (χ2n) is 5.94. The topological polar surface area (TPSA) is 81.4 Å². The Labute approximate surface area is 152 Å². The second kappa shape index (κ2) is 8.03. The van der Waals surface area contributed by atoms with Crippen molar-refractivity contribution in [2.24, 2.45) is 0 Å². The van der Waals surface area contributed by atoms with Crippen molar-refractivity contribution < 1.29 is 14.3 Å². The molecule has 1 atom stereocenters. The molecule has 0 aromatic heterocycles. The molecule has 132 valence electrons. The summed E-state index contributed by atoms with van der Waals surface area (Å²) in [6.07, 6.45) is 0. The third kappa shape index (κ3) is 4.97. The predicted molar refractivity (Wildman–Crippen MR) is 98.6 cm³/mol. The van der Waals surface area contributed by atoms with Crippen LogP contribution in [0.2, 0.25) is 5.02 Å². The average molecular weight is 361 g/mol. The Morgan fingerprint density at radius 2 is 1.88 bits per heavy atom. The van der Waals surface area contributed by atoms with Crippen molar-refractivity contribution >= 4 is 29.2 Å². The molecule has 25 heavy (non-hydrogen) atoms. The normalized spacial score (nSPS) is 11.7. The first-order valence-electron chi connectivity index (χ1n) is 7.86. The summed E-state index contributed by atoms with van der Waals surface area (Å²) in [6, 6.07) is 10.3. The fraction of sp³-hybridized carbons (Fsp3) is 0.263. The summed E-state index contributed by atoms with van der Waals surface area (Å²) in [7, 11) is 0. The van der Waals surface area contributed by atoms with Crippen LogP contribution in [0.4, 0.5) is 5.69 Å². The molecule has 0 aliphatic heterocycles. The zero-order valence-electron chi connectivity index (χ0n) is 14.4. The molecule has 0 spiro atoms. The lowest BCUT2D eigenvalue weighted by Gasteiger charge is -2.16. The smallest absolute Gasteiger partial charge is 0.340 e. The van der Waals surface area contributed by atoms with Crippen molar-refractivity contribution in [3.63, 3.8) is 0 Å². The summed E-state index contributed by atoms with van der Waals surface area (Å²) >= 11 is 5.84. The van der Waals surface area contributed by atoms with Gasteiger partial charge in [0.1, 0.15) is 0 Å². The van der Waals surface area contributed by atoms with Crippen LogP contribution in [-0.4, -0.2) is 18.5 Å².